The Hall–Kier alpha value is -1.67. The normalized spacial score (nSPS) is 12.7. The van der Waals surface area contributed by atoms with Gasteiger partial charge in [-0.3, -0.25) is 0 Å². The number of sulfonamides is 1. The Balaban J connectivity index is 2.14. The van der Waals surface area contributed by atoms with Crippen molar-refractivity contribution in [3.63, 3.8) is 0 Å². The zero-order valence-corrected chi connectivity index (χ0v) is 14.6. The summed E-state index contributed by atoms with van der Waals surface area (Å²) in [5, 5.41) is 9.55. The van der Waals surface area contributed by atoms with Gasteiger partial charge in [0.15, 0.2) is 5.65 Å². The van der Waals surface area contributed by atoms with Crippen molar-refractivity contribution in [1.29, 1.82) is 0 Å². The first-order valence-electron chi connectivity index (χ1n) is 7.73. The maximum absolute atomic E-state index is 11.3. The minimum absolute atomic E-state index is 0.0367. The van der Waals surface area contributed by atoms with Crippen LogP contribution in [0.3, 0.4) is 0 Å². The molecule has 0 saturated carbocycles. The van der Waals surface area contributed by atoms with Crippen LogP contribution in [0.15, 0.2) is 18.5 Å². The Morgan fingerprint density at radius 3 is 2.65 bits per heavy atom. The van der Waals surface area contributed by atoms with Gasteiger partial charge < -0.3 is 4.74 Å². The summed E-state index contributed by atoms with van der Waals surface area (Å²) < 4.78 is 30.1. The van der Waals surface area contributed by atoms with Crippen molar-refractivity contribution in [2.24, 2.45) is 10.6 Å². The van der Waals surface area contributed by atoms with Crippen LogP contribution < -0.4 is 9.88 Å². The number of aryl methyl sites for hydroxylation is 1. The number of nitrogens with two attached hydrogens (primary N) is 1. The summed E-state index contributed by atoms with van der Waals surface area (Å²) in [4.78, 5) is 4.18. The number of nitrogens with zero attached hydrogens (tertiary/aromatic N) is 3. The van der Waals surface area contributed by atoms with Crippen molar-refractivity contribution in [2.75, 3.05) is 12.4 Å². The molecular weight excluding hydrogens is 316 g/mol. The Morgan fingerprint density at radius 1 is 1.35 bits per heavy atom. The molecule has 2 rings (SSSR count). The maximum atomic E-state index is 11.3. The van der Waals surface area contributed by atoms with Gasteiger partial charge in [0, 0.05) is 23.4 Å². The Kier molecular flexibility index (Phi) is 5.26. The third-order valence-corrected chi connectivity index (χ3v) is 5.24. The largest absolute Gasteiger partial charge is 0.476 e. The molecule has 0 aliphatic rings. The van der Waals surface area contributed by atoms with Crippen LogP contribution in [0, 0.1) is 12.3 Å². The molecule has 128 valence electrons. The van der Waals surface area contributed by atoms with E-state index in [2.05, 4.69) is 10.1 Å². The molecule has 2 aromatic heterocycles. The van der Waals surface area contributed by atoms with Crippen LogP contribution in [0.4, 0.5) is 0 Å². The summed E-state index contributed by atoms with van der Waals surface area (Å²) in [7, 11) is -3.47. The highest BCUT2D eigenvalue weighted by Gasteiger charge is 2.29. The lowest BCUT2D eigenvalue weighted by Crippen LogP contribution is -2.32. The summed E-state index contributed by atoms with van der Waals surface area (Å²) in [6.45, 7) is 6.40. The molecule has 23 heavy (non-hydrogen) atoms. The highest BCUT2D eigenvalue weighted by atomic mass is 32.2. The molecule has 0 amide bonds. The van der Waals surface area contributed by atoms with E-state index in [1.807, 2.05) is 26.8 Å². The number of primary sulfonamides is 1. The van der Waals surface area contributed by atoms with Crippen LogP contribution in [-0.4, -0.2) is 35.4 Å². The minimum Gasteiger partial charge on any atom is -0.476 e. The average Bonchev–Trinajstić information content (AvgIpc) is 2.94. The van der Waals surface area contributed by atoms with Crippen LogP contribution in [0.2, 0.25) is 0 Å². The highest BCUT2D eigenvalue weighted by molar-refractivity contribution is 7.89. The molecule has 0 saturated heterocycles. The van der Waals surface area contributed by atoms with Crippen molar-refractivity contribution >= 4 is 15.7 Å². The number of aromatic nitrogens is 3. The monoisotopic (exact) mass is 340 g/mol. The quantitative estimate of drug-likeness (QED) is 0.791. The Morgan fingerprint density at radius 2 is 2.04 bits per heavy atom. The van der Waals surface area contributed by atoms with Gasteiger partial charge in [-0.15, -0.1) is 5.10 Å². The van der Waals surface area contributed by atoms with E-state index >= 15 is 0 Å². The van der Waals surface area contributed by atoms with Crippen LogP contribution in [0.5, 0.6) is 5.88 Å². The molecule has 2 aromatic rings. The first-order chi connectivity index (χ1) is 10.8. The van der Waals surface area contributed by atoms with Crippen molar-refractivity contribution in [3.8, 4) is 5.88 Å². The van der Waals surface area contributed by atoms with Gasteiger partial charge in [0.2, 0.25) is 15.9 Å². The van der Waals surface area contributed by atoms with Gasteiger partial charge >= 0.3 is 0 Å². The summed E-state index contributed by atoms with van der Waals surface area (Å²) in [6, 6.07) is 1.91. The number of hydrogen-bond acceptors (Lipinski definition) is 5. The van der Waals surface area contributed by atoms with Crippen molar-refractivity contribution in [2.45, 2.75) is 40.0 Å². The first-order valence-corrected chi connectivity index (χ1v) is 9.44. The fourth-order valence-corrected chi connectivity index (χ4v) is 3.25. The van der Waals surface area contributed by atoms with E-state index in [0.29, 0.717) is 18.9 Å². The molecule has 0 radical (unpaired) electrons. The van der Waals surface area contributed by atoms with Crippen LogP contribution in [0.1, 0.15) is 38.7 Å². The topological polar surface area (TPSA) is 99.6 Å². The van der Waals surface area contributed by atoms with Gasteiger partial charge in [-0.1, -0.05) is 13.8 Å². The Bertz CT molecular complexity index is 766. The summed E-state index contributed by atoms with van der Waals surface area (Å²) in [5.74, 6) is 0.503. The lowest BCUT2D eigenvalue weighted by molar-refractivity contribution is 0.123. The summed E-state index contributed by atoms with van der Waals surface area (Å²) in [6.07, 6.45) is 5.54. The van der Waals surface area contributed by atoms with Gasteiger partial charge in [-0.25, -0.2) is 23.1 Å². The van der Waals surface area contributed by atoms with Gasteiger partial charge in [0.05, 0.1) is 12.4 Å². The zero-order chi connectivity index (χ0) is 17.1. The van der Waals surface area contributed by atoms with Crippen LogP contribution >= 0.6 is 0 Å². The van der Waals surface area contributed by atoms with E-state index < -0.39 is 10.0 Å². The molecule has 0 aliphatic heterocycles. The van der Waals surface area contributed by atoms with Gasteiger partial charge in [0.1, 0.15) is 0 Å². The van der Waals surface area contributed by atoms with E-state index in [-0.39, 0.29) is 11.2 Å². The summed E-state index contributed by atoms with van der Waals surface area (Å²) in [5.41, 5.74) is 1.43. The predicted octanol–water partition coefficient (Wildman–Crippen LogP) is 1.90. The number of fused-ring (bicyclic) bond motifs is 1. The molecule has 2 heterocycles. The van der Waals surface area contributed by atoms with E-state index in [9.17, 15) is 8.42 Å². The number of hydrogen-bond donors (Lipinski definition) is 1. The molecule has 0 aliphatic carbocycles. The third-order valence-electron chi connectivity index (χ3n) is 4.46. The number of imidazole rings is 1. The SMILES string of the molecule is CCC(CC)(CCS(N)(=O)=O)COc1nn2ccnc2cc1C. The van der Waals surface area contributed by atoms with Crippen LogP contribution in [0.25, 0.3) is 5.65 Å². The van der Waals surface area contributed by atoms with Gasteiger partial charge in [0.25, 0.3) is 0 Å². The van der Waals surface area contributed by atoms with Crippen molar-refractivity contribution < 1.29 is 13.2 Å². The van der Waals surface area contributed by atoms with E-state index in [4.69, 9.17) is 9.88 Å². The van der Waals surface area contributed by atoms with Gasteiger partial charge in [-0.2, -0.15) is 0 Å². The lowest BCUT2D eigenvalue weighted by Gasteiger charge is -2.31. The molecule has 0 atom stereocenters. The fourth-order valence-electron chi connectivity index (χ4n) is 2.53. The molecule has 0 fully saturated rings. The molecule has 0 aromatic carbocycles. The van der Waals surface area contributed by atoms with E-state index in [1.165, 1.54) is 0 Å². The number of ether oxygens (including phenoxy) is 1. The highest BCUT2D eigenvalue weighted by Crippen LogP contribution is 2.32. The second-order valence-electron chi connectivity index (χ2n) is 5.98. The van der Waals surface area contributed by atoms with Crippen molar-refractivity contribution in [1.82, 2.24) is 14.6 Å². The molecule has 0 bridgehead atoms. The minimum atomic E-state index is -3.47. The molecule has 0 spiro atoms. The zero-order valence-electron chi connectivity index (χ0n) is 13.8. The van der Waals surface area contributed by atoms with Crippen molar-refractivity contribution in [3.05, 3.63) is 24.0 Å². The van der Waals surface area contributed by atoms with Crippen LogP contribution in [-0.2, 0) is 10.0 Å². The Labute approximate surface area is 136 Å². The maximum Gasteiger partial charge on any atom is 0.234 e. The predicted molar refractivity (Wildman–Crippen MR) is 88.8 cm³/mol. The van der Waals surface area contributed by atoms with Gasteiger partial charge in [-0.05, 0) is 32.3 Å². The average molecular weight is 340 g/mol. The fraction of sp³-hybridized carbons (Fsp3) is 0.600. The lowest BCUT2D eigenvalue weighted by atomic mass is 9.81. The summed E-state index contributed by atoms with van der Waals surface area (Å²) >= 11 is 0. The standard InChI is InChI=1S/C15H24N4O3S/c1-4-15(5-2,6-9-23(16,20)21)11-22-14-12(3)10-13-17-7-8-19(13)18-14/h7-8,10H,4-6,9,11H2,1-3H3,(H2,16,20,21). The molecule has 0 unspecified atom stereocenters. The second-order valence-corrected chi connectivity index (χ2v) is 7.71. The molecular formula is C15H24N4O3S. The first kappa shape index (κ1) is 17.7. The van der Waals surface area contributed by atoms with E-state index in [1.54, 1.807) is 16.9 Å². The molecule has 7 nitrogen and oxygen atoms in total. The molecule has 2 N–H and O–H groups in total. The second kappa shape index (κ2) is 6.84. The van der Waals surface area contributed by atoms with E-state index in [0.717, 1.165) is 24.1 Å². The number of rotatable bonds is 8. The third kappa shape index (κ3) is 4.42. The smallest absolute Gasteiger partial charge is 0.234 e. The molecule has 8 heteroatoms.